The topological polar surface area (TPSA) is 200 Å². The van der Waals surface area contributed by atoms with E-state index in [1.807, 2.05) is 0 Å². The van der Waals surface area contributed by atoms with Crippen molar-refractivity contribution in [2.45, 2.75) is 30.7 Å². The predicted molar refractivity (Wildman–Crippen MR) is 114 cm³/mol. The molecule has 34 heavy (non-hydrogen) atoms. The van der Waals surface area contributed by atoms with E-state index in [1.165, 1.54) is 25.3 Å². The summed E-state index contributed by atoms with van der Waals surface area (Å²) in [5.74, 6) is -2.00. The highest BCUT2D eigenvalue weighted by Gasteiger charge is 2.45. The van der Waals surface area contributed by atoms with Crippen molar-refractivity contribution in [3.05, 3.63) is 40.6 Å². The van der Waals surface area contributed by atoms with Crippen LogP contribution in [0.2, 0.25) is 0 Å². The van der Waals surface area contributed by atoms with Gasteiger partial charge < -0.3 is 54.4 Å². The fourth-order valence-electron chi connectivity index (χ4n) is 3.67. The maximum atomic E-state index is 13.3. The van der Waals surface area contributed by atoms with Gasteiger partial charge in [-0.2, -0.15) is 0 Å². The van der Waals surface area contributed by atoms with Crippen LogP contribution in [0.15, 0.2) is 39.5 Å². The minimum atomic E-state index is -1.83. The van der Waals surface area contributed by atoms with E-state index in [1.54, 1.807) is 0 Å². The molecule has 0 radical (unpaired) electrons. The van der Waals surface area contributed by atoms with Gasteiger partial charge in [-0.25, -0.2) is 0 Å². The molecule has 1 aliphatic heterocycles. The molecule has 0 spiro atoms. The van der Waals surface area contributed by atoms with E-state index in [0.29, 0.717) is 0 Å². The molecule has 12 nitrogen and oxygen atoms in total. The van der Waals surface area contributed by atoms with Crippen LogP contribution < -0.4 is 14.9 Å². The van der Waals surface area contributed by atoms with Gasteiger partial charge in [-0.05, 0) is 18.2 Å². The zero-order chi connectivity index (χ0) is 24.7. The largest absolute Gasteiger partial charge is 0.508 e. The standard InChI is InChI=1S/C22H22O12/c1-31-12-4-8(2-3-10(12)25)20-21(17(28)15-11(26)5-9(24)6-13(15)32-20)34-22-19(30)18(29)16(27)14(7-23)33-22/h2-6,14,16,18-19,22-27,29-30H,7H2,1H3/t14-,16-,18+,19-,22+/m0/s1. The molecule has 0 saturated carbocycles. The number of aliphatic hydroxyl groups excluding tert-OH is 4. The smallest absolute Gasteiger partial charge is 0.239 e. The van der Waals surface area contributed by atoms with Crippen LogP contribution in [0.3, 0.4) is 0 Å². The van der Waals surface area contributed by atoms with Crippen molar-refractivity contribution >= 4 is 11.0 Å². The lowest BCUT2D eigenvalue weighted by molar-refractivity contribution is -0.277. The molecule has 0 amide bonds. The van der Waals surface area contributed by atoms with Crippen molar-refractivity contribution in [1.29, 1.82) is 0 Å². The molecule has 1 aliphatic rings. The first-order chi connectivity index (χ1) is 16.2. The Bertz CT molecular complexity index is 1270. The molecule has 5 atom stereocenters. The van der Waals surface area contributed by atoms with Crippen molar-refractivity contribution in [2.75, 3.05) is 13.7 Å². The molecular weight excluding hydrogens is 456 g/mol. The predicted octanol–water partition coefficient (Wildman–Crippen LogP) is -0.236. The summed E-state index contributed by atoms with van der Waals surface area (Å²) < 4.78 is 21.8. The summed E-state index contributed by atoms with van der Waals surface area (Å²) in [6.07, 6.45) is -8.29. The third-order valence-corrected chi connectivity index (χ3v) is 5.44. The minimum absolute atomic E-state index is 0.0257. The molecule has 12 heteroatoms. The van der Waals surface area contributed by atoms with Crippen molar-refractivity contribution in [2.24, 2.45) is 0 Å². The lowest BCUT2D eigenvalue weighted by Crippen LogP contribution is -2.60. The Balaban J connectivity index is 1.92. The van der Waals surface area contributed by atoms with E-state index >= 15 is 0 Å². The summed E-state index contributed by atoms with van der Waals surface area (Å²) in [6, 6.07) is 5.96. The molecule has 1 saturated heterocycles. The number of hydrogen-bond donors (Lipinski definition) is 7. The number of ether oxygens (including phenoxy) is 3. The SMILES string of the molecule is COc1cc(-c2oc3cc(O)cc(O)c3c(=O)c2O[C@H]2O[C@@H](CO)[C@H](O)[C@@H](O)[C@@H]2O)ccc1O. The number of hydrogen-bond acceptors (Lipinski definition) is 12. The Labute approximate surface area is 191 Å². The number of phenolic OH excluding ortho intramolecular Hbond substituents is 3. The van der Waals surface area contributed by atoms with Gasteiger partial charge in [0.1, 0.15) is 46.9 Å². The lowest BCUT2D eigenvalue weighted by atomic mass is 9.99. The van der Waals surface area contributed by atoms with Crippen LogP contribution in [-0.4, -0.2) is 80.2 Å². The van der Waals surface area contributed by atoms with Crippen molar-refractivity contribution in [1.82, 2.24) is 0 Å². The van der Waals surface area contributed by atoms with E-state index in [0.717, 1.165) is 12.1 Å². The number of fused-ring (bicyclic) bond motifs is 1. The Morgan fingerprint density at radius 3 is 2.38 bits per heavy atom. The highest BCUT2D eigenvalue weighted by molar-refractivity contribution is 5.88. The Morgan fingerprint density at radius 2 is 1.71 bits per heavy atom. The summed E-state index contributed by atoms with van der Waals surface area (Å²) >= 11 is 0. The second kappa shape index (κ2) is 9.00. The highest BCUT2D eigenvalue weighted by Crippen LogP contribution is 2.39. The Morgan fingerprint density at radius 1 is 0.971 bits per heavy atom. The maximum Gasteiger partial charge on any atom is 0.239 e. The van der Waals surface area contributed by atoms with E-state index in [9.17, 15) is 40.5 Å². The number of phenols is 3. The third kappa shape index (κ3) is 3.97. The summed E-state index contributed by atoms with van der Waals surface area (Å²) in [5.41, 5.74) is -0.959. The number of benzene rings is 2. The van der Waals surface area contributed by atoms with Crippen LogP contribution in [0.4, 0.5) is 0 Å². The second-order valence-electron chi connectivity index (χ2n) is 7.63. The second-order valence-corrected chi connectivity index (χ2v) is 7.63. The molecule has 0 bridgehead atoms. The summed E-state index contributed by atoms with van der Waals surface area (Å²) in [4.78, 5) is 13.3. The Kier molecular flexibility index (Phi) is 6.25. The molecule has 2 aromatic carbocycles. The molecule has 4 rings (SSSR count). The molecule has 0 unspecified atom stereocenters. The van der Waals surface area contributed by atoms with Crippen molar-refractivity contribution < 1.29 is 54.4 Å². The fraction of sp³-hybridized carbons (Fsp3) is 0.318. The van der Waals surface area contributed by atoms with E-state index in [2.05, 4.69) is 0 Å². The first kappa shape index (κ1) is 23.6. The zero-order valence-electron chi connectivity index (χ0n) is 17.7. The first-order valence-electron chi connectivity index (χ1n) is 10.0. The molecule has 0 aliphatic carbocycles. The molecule has 182 valence electrons. The van der Waals surface area contributed by atoms with Gasteiger partial charge in [-0.1, -0.05) is 0 Å². The monoisotopic (exact) mass is 478 g/mol. The third-order valence-electron chi connectivity index (χ3n) is 5.44. The summed E-state index contributed by atoms with van der Waals surface area (Å²) in [6.45, 7) is -0.723. The molecular formula is C22H22O12. The van der Waals surface area contributed by atoms with E-state index in [-0.39, 0.29) is 39.5 Å². The van der Waals surface area contributed by atoms with Crippen molar-refractivity contribution in [3.63, 3.8) is 0 Å². The Hall–Kier alpha value is -3.55. The van der Waals surface area contributed by atoms with Crippen LogP contribution in [0.5, 0.6) is 28.7 Å². The van der Waals surface area contributed by atoms with Crippen LogP contribution in [-0.2, 0) is 4.74 Å². The normalized spacial score (nSPS) is 24.8. The van der Waals surface area contributed by atoms with E-state index < -0.39 is 54.2 Å². The van der Waals surface area contributed by atoms with Gasteiger partial charge in [0.05, 0.1) is 13.7 Å². The van der Waals surface area contributed by atoms with Crippen LogP contribution in [0.25, 0.3) is 22.3 Å². The molecule has 7 N–H and O–H groups in total. The highest BCUT2D eigenvalue weighted by atomic mass is 16.7. The quantitative estimate of drug-likeness (QED) is 0.254. The van der Waals surface area contributed by atoms with Gasteiger partial charge in [-0.3, -0.25) is 4.79 Å². The van der Waals surface area contributed by atoms with Gasteiger partial charge in [0, 0.05) is 17.7 Å². The molecule has 2 heterocycles. The number of aromatic hydroxyl groups is 3. The average molecular weight is 478 g/mol. The summed E-state index contributed by atoms with van der Waals surface area (Å²) in [7, 11) is 1.30. The number of methoxy groups -OCH3 is 1. The van der Waals surface area contributed by atoms with Gasteiger partial charge in [-0.15, -0.1) is 0 Å². The van der Waals surface area contributed by atoms with Gasteiger partial charge in [0.25, 0.3) is 0 Å². The number of aliphatic hydroxyl groups is 4. The molecule has 1 aromatic heterocycles. The first-order valence-corrected chi connectivity index (χ1v) is 10.0. The maximum absolute atomic E-state index is 13.3. The lowest BCUT2D eigenvalue weighted by Gasteiger charge is -2.39. The van der Waals surface area contributed by atoms with Crippen LogP contribution >= 0.6 is 0 Å². The van der Waals surface area contributed by atoms with Gasteiger partial charge in [0.15, 0.2) is 17.3 Å². The van der Waals surface area contributed by atoms with Crippen LogP contribution in [0.1, 0.15) is 0 Å². The van der Waals surface area contributed by atoms with Crippen LogP contribution in [0, 0.1) is 0 Å². The number of rotatable bonds is 5. The van der Waals surface area contributed by atoms with Gasteiger partial charge in [0.2, 0.25) is 17.5 Å². The van der Waals surface area contributed by atoms with Gasteiger partial charge >= 0.3 is 0 Å². The molecule has 1 fully saturated rings. The van der Waals surface area contributed by atoms with Crippen molar-refractivity contribution in [3.8, 4) is 40.1 Å². The average Bonchev–Trinajstić information content (AvgIpc) is 2.80. The summed E-state index contributed by atoms with van der Waals surface area (Å²) in [5, 5.41) is 69.4. The minimum Gasteiger partial charge on any atom is -0.508 e. The fourth-order valence-corrected chi connectivity index (χ4v) is 3.67. The molecule has 3 aromatic rings. The zero-order valence-corrected chi connectivity index (χ0v) is 17.7. The van der Waals surface area contributed by atoms with E-state index in [4.69, 9.17) is 18.6 Å².